The highest BCUT2D eigenvalue weighted by Crippen LogP contribution is 2.25. The van der Waals surface area contributed by atoms with Crippen LogP contribution in [0, 0.1) is 6.92 Å². The molecule has 0 aliphatic heterocycles. The summed E-state index contributed by atoms with van der Waals surface area (Å²) in [5.74, 6) is 0.432. The van der Waals surface area contributed by atoms with Gasteiger partial charge >= 0.3 is 0 Å². The number of hydrogen-bond acceptors (Lipinski definition) is 4. The molecule has 2 aromatic rings. The second-order valence-corrected chi connectivity index (χ2v) is 6.91. The molecule has 27 heavy (non-hydrogen) atoms. The number of anilines is 1. The van der Waals surface area contributed by atoms with Gasteiger partial charge in [0.2, 0.25) is 5.91 Å². The van der Waals surface area contributed by atoms with E-state index in [1.165, 1.54) is 0 Å². The van der Waals surface area contributed by atoms with E-state index in [4.69, 9.17) is 10.5 Å². The van der Waals surface area contributed by atoms with Gasteiger partial charge in [0.1, 0.15) is 17.9 Å². The first-order valence-electron chi connectivity index (χ1n) is 9.11. The van der Waals surface area contributed by atoms with Crippen molar-refractivity contribution in [2.75, 3.05) is 5.32 Å². The lowest BCUT2D eigenvalue weighted by atomic mass is 9.95. The third-order valence-corrected chi connectivity index (χ3v) is 4.80. The van der Waals surface area contributed by atoms with Crippen LogP contribution in [0.2, 0.25) is 0 Å². The van der Waals surface area contributed by atoms with Crippen molar-refractivity contribution in [1.82, 2.24) is 0 Å². The number of halogens is 1. The fourth-order valence-electron chi connectivity index (χ4n) is 3.15. The molecule has 0 heterocycles. The van der Waals surface area contributed by atoms with Crippen LogP contribution in [0.4, 0.5) is 5.69 Å². The molecule has 1 aliphatic rings. The van der Waals surface area contributed by atoms with E-state index in [-0.39, 0.29) is 24.4 Å². The standard InChI is InChI=1S/C21H26N2O3.ClH/c1-14-6-8-15(9-7-14)20(22)21(25)23-16-10-12-17(13-11-16)26-19-5-3-2-4-18(19)24;/h6-13,18-20,24H,2-5,22H2,1H3,(H,23,25);1H. The highest BCUT2D eigenvalue weighted by atomic mass is 35.5. The number of ether oxygens (including phenoxy) is 1. The Kier molecular flexibility index (Phi) is 7.66. The molecule has 6 heteroatoms. The molecule has 1 fully saturated rings. The zero-order valence-electron chi connectivity index (χ0n) is 15.4. The van der Waals surface area contributed by atoms with Crippen molar-refractivity contribution >= 4 is 24.0 Å². The van der Waals surface area contributed by atoms with E-state index in [2.05, 4.69) is 5.32 Å². The summed E-state index contributed by atoms with van der Waals surface area (Å²) in [6.45, 7) is 1.99. The number of benzene rings is 2. The van der Waals surface area contributed by atoms with Crippen LogP contribution in [0.15, 0.2) is 48.5 Å². The molecule has 3 unspecified atom stereocenters. The predicted octanol–water partition coefficient (Wildman–Crippen LogP) is 3.74. The molecule has 1 saturated carbocycles. The predicted molar refractivity (Wildman–Crippen MR) is 109 cm³/mol. The number of aryl methyl sites for hydroxylation is 1. The molecule has 5 nitrogen and oxygen atoms in total. The quantitative estimate of drug-likeness (QED) is 0.726. The summed E-state index contributed by atoms with van der Waals surface area (Å²) >= 11 is 0. The van der Waals surface area contributed by atoms with Gasteiger partial charge < -0.3 is 20.9 Å². The van der Waals surface area contributed by atoms with Gasteiger partial charge in [-0.1, -0.05) is 36.2 Å². The number of carbonyl (C=O) groups excluding carboxylic acids is 1. The van der Waals surface area contributed by atoms with E-state index in [9.17, 15) is 9.90 Å². The number of nitrogens with two attached hydrogens (primary N) is 1. The fraction of sp³-hybridized carbons (Fsp3) is 0.381. The number of amides is 1. The summed E-state index contributed by atoms with van der Waals surface area (Å²) in [6.07, 6.45) is 3.22. The summed E-state index contributed by atoms with van der Waals surface area (Å²) in [6, 6.07) is 14.1. The van der Waals surface area contributed by atoms with E-state index in [0.717, 1.165) is 36.8 Å². The Morgan fingerprint density at radius 1 is 1.11 bits per heavy atom. The van der Waals surface area contributed by atoms with Crippen molar-refractivity contribution < 1.29 is 14.6 Å². The minimum absolute atomic E-state index is 0. The van der Waals surface area contributed by atoms with Gasteiger partial charge in [0, 0.05) is 5.69 Å². The zero-order valence-corrected chi connectivity index (χ0v) is 16.2. The highest BCUT2D eigenvalue weighted by molar-refractivity contribution is 5.95. The maximum absolute atomic E-state index is 12.3. The molecular formula is C21H27ClN2O3. The van der Waals surface area contributed by atoms with Gasteiger partial charge in [-0.05, 0) is 56.0 Å². The average molecular weight is 391 g/mol. The van der Waals surface area contributed by atoms with Crippen LogP contribution in [0.25, 0.3) is 0 Å². The monoisotopic (exact) mass is 390 g/mol. The van der Waals surface area contributed by atoms with Crippen molar-refractivity contribution in [2.45, 2.75) is 50.9 Å². The SMILES string of the molecule is Cc1ccc(C(N)C(=O)Nc2ccc(OC3CCCCC3O)cc2)cc1.Cl. The van der Waals surface area contributed by atoms with Crippen LogP contribution in [0.1, 0.15) is 42.9 Å². The molecule has 0 saturated heterocycles. The Balaban J connectivity index is 0.00000261. The van der Waals surface area contributed by atoms with E-state index < -0.39 is 12.1 Å². The van der Waals surface area contributed by atoms with Crippen LogP contribution in [-0.4, -0.2) is 23.2 Å². The Morgan fingerprint density at radius 2 is 1.74 bits per heavy atom. The van der Waals surface area contributed by atoms with E-state index in [1.54, 1.807) is 24.3 Å². The minimum Gasteiger partial charge on any atom is -0.488 e. The number of aliphatic hydroxyl groups excluding tert-OH is 1. The molecule has 1 amide bonds. The van der Waals surface area contributed by atoms with Crippen LogP contribution in [0.5, 0.6) is 5.75 Å². The smallest absolute Gasteiger partial charge is 0.245 e. The topological polar surface area (TPSA) is 84.6 Å². The maximum atomic E-state index is 12.3. The molecule has 3 rings (SSSR count). The van der Waals surface area contributed by atoms with Crippen molar-refractivity contribution in [2.24, 2.45) is 5.73 Å². The van der Waals surface area contributed by atoms with Crippen LogP contribution < -0.4 is 15.8 Å². The first-order valence-corrected chi connectivity index (χ1v) is 9.11. The molecule has 3 atom stereocenters. The lowest BCUT2D eigenvalue weighted by Crippen LogP contribution is -2.34. The van der Waals surface area contributed by atoms with Crippen molar-refractivity contribution in [3.05, 3.63) is 59.7 Å². The average Bonchev–Trinajstić information content (AvgIpc) is 2.65. The number of carbonyl (C=O) groups is 1. The molecule has 146 valence electrons. The van der Waals surface area contributed by atoms with Gasteiger partial charge in [0.15, 0.2) is 0 Å². The Bertz CT molecular complexity index is 734. The largest absolute Gasteiger partial charge is 0.488 e. The van der Waals surface area contributed by atoms with E-state index in [1.807, 2.05) is 31.2 Å². The zero-order chi connectivity index (χ0) is 18.5. The van der Waals surface area contributed by atoms with Gasteiger partial charge in [-0.25, -0.2) is 0 Å². The van der Waals surface area contributed by atoms with Gasteiger partial charge in [-0.2, -0.15) is 0 Å². The first kappa shape index (κ1) is 21.2. The molecule has 1 aliphatic carbocycles. The summed E-state index contributed by atoms with van der Waals surface area (Å²) in [5, 5.41) is 12.8. The van der Waals surface area contributed by atoms with E-state index in [0.29, 0.717) is 11.4 Å². The Labute approximate surface area is 166 Å². The summed E-state index contributed by atoms with van der Waals surface area (Å²) in [7, 11) is 0. The number of nitrogens with one attached hydrogen (secondary N) is 1. The molecule has 0 aromatic heterocycles. The number of hydrogen-bond donors (Lipinski definition) is 3. The summed E-state index contributed by atoms with van der Waals surface area (Å²) in [5.41, 5.74) is 8.60. The lowest BCUT2D eigenvalue weighted by Gasteiger charge is -2.28. The lowest BCUT2D eigenvalue weighted by molar-refractivity contribution is -0.117. The summed E-state index contributed by atoms with van der Waals surface area (Å²) < 4.78 is 5.87. The second-order valence-electron chi connectivity index (χ2n) is 6.91. The van der Waals surface area contributed by atoms with Gasteiger partial charge in [0.25, 0.3) is 0 Å². The maximum Gasteiger partial charge on any atom is 0.245 e. The first-order chi connectivity index (χ1) is 12.5. The van der Waals surface area contributed by atoms with Crippen LogP contribution in [-0.2, 0) is 4.79 Å². The molecular weight excluding hydrogens is 364 g/mol. The third kappa shape index (κ3) is 5.70. The molecule has 2 aromatic carbocycles. The third-order valence-electron chi connectivity index (χ3n) is 4.80. The Hall–Kier alpha value is -2.08. The van der Waals surface area contributed by atoms with Crippen LogP contribution in [0.3, 0.4) is 0 Å². The van der Waals surface area contributed by atoms with Gasteiger partial charge in [-0.3, -0.25) is 4.79 Å². The Morgan fingerprint density at radius 3 is 2.37 bits per heavy atom. The molecule has 4 N–H and O–H groups in total. The minimum atomic E-state index is -0.719. The fourth-order valence-corrected chi connectivity index (χ4v) is 3.15. The van der Waals surface area contributed by atoms with Crippen molar-refractivity contribution in [3.8, 4) is 5.75 Å². The number of rotatable bonds is 5. The molecule has 0 bridgehead atoms. The highest BCUT2D eigenvalue weighted by Gasteiger charge is 2.24. The van der Waals surface area contributed by atoms with Gasteiger partial charge in [-0.15, -0.1) is 12.4 Å². The second kappa shape index (κ2) is 9.74. The normalized spacial score (nSPS) is 20.3. The van der Waals surface area contributed by atoms with Crippen molar-refractivity contribution in [3.63, 3.8) is 0 Å². The van der Waals surface area contributed by atoms with Gasteiger partial charge in [0.05, 0.1) is 6.10 Å². The van der Waals surface area contributed by atoms with Crippen molar-refractivity contribution in [1.29, 1.82) is 0 Å². The number of aliphatic hydroxyl groups is 1. The van der Waals surface area contributed by atoms with E-state index >= 15 is 0 Å². The molecule has 0 spiro atoms. The van der Waals surface area contributed by atoms with Crippen LogP contribution >= 0.6 is 12.4 Å². The summed E-state index contributed by atoms with van der Waals surface area (Å²) in [4.78, 5) is 12.3. The molecule has 0 radical (unpaired) electrons.